The van der Waals surface area contributed by atoms with Gasteiger partial charge in [-0.2, -0.15) is 0 Å². The normalized spacial score (nSPS) is 36.7. The Morgan fingerprint density at radius 1 is 1.54 bits per heavy atom. The highest BCUT2D eigenvalue weighted by Crippen LogP contribution is 2.33. The van der Waals surface area contributed by atoms with Crippen LogP contribution in [0, 0.1) is 5.92 Å². The van der Waals surface area contributed by atoms with E-state index in [0.717, 1.165) is 32.1 Å². The highest BCUT2D eigenvalue weighted by Gasteiger charge is 2.31. The molecular formula is C10H19NO2. The van der Waals surface area contributed by atoms with Crippen LogP contribution in [-0.2, 0) is 4.79 Å². The predicted octanol–water partition coefficient (Wildman–Crippen LogP) is 1.06. The van der Waals surface area contributed by atoms with Crippen molar-refractivity contribution in [3.63, 3.8) is 0 Å². The first-order valence-electron chi connectivity index (χ1n) is 4.97. The quantitative estimate of drug-likeness (QED) is 0.646. The van der Waals surface area contributed by atoms with Gasteiger partial charge in [-0.1, -0.05) is 0 Å². The predicted molar refractivity (Wildman–Crippen MR) is 51.2 cm³/mol. The third kappa shape index (κ3) is 2.69. The summed E-state index contributed by atoms with van der Waals surface area (Å²) in [5.74, 6) is 0.418. The molecule has 3 heteroatoms. The molecule has 1 amide bonds. The molecule has 1 atom stereocenters. The van der Waals surface area contributed by atoms with Gasteiger partial charge < -0.3 is 10.4 Å². The molecule has 0 aromatic rings. The number of hydrogen-bond donors (Lipinski definition) is 2. The van der Waals surface area contributed by atoms with Crippen molar-refractivity contribution in [2.24, 2.45) is 5.92 Å². The molecule has 76 valence electrons. The number of aliphatic hydroxyl groups excluding tert-OH is 1. The second-order valence-corrected chi connectivity index (χ2v) is 4.40. The molecule has 3 nitrogen and oxygen atoms in total. The maximum atomic E-state index is 10.3. The van der Waals surface area contributed by atoms with E-state index < -0.39 is 0 Å². The lowest BCUT2D eigenvalue weighted by Crippen LogP contribution is -2.45. The van der Waals surface area contributed by atoms with Crippen LogP contribution in [0.2, 0.25) is 0 Å². The summed E-state index contributed by atoms with van der Waals surface area (Å²) in [5, 5.41) is 12.2. The van der Waals surface area contributed by atoms with Gasteiger partial charge in [-0.15, -0.1) is 0 Å². The average molecular weight is 185 g/mol. The zero-order chi connectivity index (χ0) is 9.90. The van der Waals surface area contributed by atoms with Crippen molar-refractivity contribution in [1.82, 2.24) is 5.32 Å². The fourth-order valence-corrected chi connectivity index (χ4v) is 2.05. The largest absolute Gasteiger partial charge is 0.393 e. The van der Waals surface area contributed by atoms with Crippen LogP contribution in [0.4, 0.5) is 0 Å². The maximum absolute atomic E-state index is 10.3. The van der Waals surface area contributed by atoms with Crippen LogP contribution in [-0.4, -0.2) is 23.2 Å². The van der Waals surface area contributed by atoms with Gasteiger partial charge in [-0.3, -0.25) is 4.79 Å². The second-order valence-electron chi connectivity index (χ2n) is 4.40. The lowest BCUT2D eigenvalue weighted by molar-refractivity contribution is -0.111. The van der Waals surface area contributed by atoms with E-state index in [9.17, 15) is 9.90 Å². The van der Waals surface area contributed by atoms with Crippen LogP contribution in [0.1, 0.15) is 39.5 Å². The molecule has 0 spiro atoms. The molecule has 1 fully saturated rings. The summed E-state index contributed by atoms with van der Waals surface area (Å²) in [6.07, 6.45) is 4.54. The number of carbonyl (C=O) groups excluding carboxylic acids is 1. The minimum atomic E-state index is -0.208. The highest BCUT2D eigenvalue weighted by molar-refractivity contribution is 5.47. The number of rotatable bonds is 3. The first-order chi connectivity index (χ1) is 6.07. The Morgan fingerprint density at radius 3 is 2.46 bits per heavy atom. The fraction of sp³-hybridized carbons (Fsp3) is 0.900. The van der Waals surface area contributed by atoms with Crippen molar-refractivity contribution in [1.29, 1.82) is 0 Å². The van der Waals surface area contributed by atoms with E-state index in [2.05, 4.69) is 12.2 Å². The van der Waals surface area contributed by atoms with Crippen LogP contribution in [0.25, 0.3) is 0 Å². The maximum Gasteiger partial charge on any atom is 0.207 e. The molecule has 1 saturated carbocycles. The van der Waals surface area contributed by atoms with E-state index in [-0.39, 0.29) is 11.6 Å². The van der Waals surface area contributed by atoms with Gasteiger partial charge in [-0.25, -0.2) is 0 Å². The van der Waals surface area contributed by atoms with Crippen molar-refractivity contribution >= 4 is 6.41 Å². The van der Waals surface area contributed by atoms with Crippen LogP contribution in [0.15, 0.2) is 0 Å². The van der Waals surface area contributed by atoms with Gasteiger partial charge in [0.1, 0.15) is 0 Å². The van der Waals surface area contributed by atoms with Gasteiger partial charge >= 0.3 is 0 Å². The third-order valence-electron chi connectivity index (χ3n) is 3.22. The van der Waals surface area contributed by atoms with E-state index in [1.807, 2.05) is 6.92 Å². The van der Waals surface area contributed by atoms with Crippen LogP contribution >= 0.6 is 0 Å². The van der Waals surface area contributed by atoms with Crippen molar-refractivity contribution in [2.45, 2.75) is 51.2 Å². The van der Waals surface area contributed by atoms with Gasteiger partial charge in [0, 0.05) is 5.54 Å². The smallest absolute Gasteiger partial charge is 0.207 e. The summed E-state index contributed by atoms with van der Waals surface area (Å²) in [4.78, 5) is 10.3. The molecule has 0 aromatic heterocycles. The summed E-state index contributed by atoms with van der Waals surface area (Å²) in [7, 11) is 0. The molecule has 0 aromatic carbocycles. The topological polar surface area (TPSA) is 49.3 Å². The summed E-state index contributed by atoms with van der Waals surface area (Å²) >= 11 is 0. The summed E-state index contributed by atoms with van der Waals surface area (Å²) in [5.41, 5.74) is -0.0346. The molecule has 1 aliphatic rings. The molecule has 2 N–H and O–H groups in total. The molecule has 0 radical (unpaired) electrons. The van der Waals surface area contributed by atoms with Crippen LogP contribution < -0.4 is 5.32 Å². The van der Waals surface area contributed by atoms with E-state index >= 15 is 0 Å². The second kappa shape index (κ2) is 4.09. The summed E-state index contributed by atoms with van der Waals surface area (Å²) in [6, 6.07) is 0. The van der Waals surface area contributed by atoms with Gasteiger partial charge in [0.05, 0.1) is 6.10 Å². The third-order valence-corrected chi connectivity index (χ3v) is 3.22. The number of aliphatic hydroxyl groups is 1. The molecule has 0 unspecified atom stereocenters. The molecule has 1 rings (SSSR count). The number of nitrogens with one attached hydrogen (secondary N) is 1. The van der Waals surface area contributed by atoms with Crippen molar-refractivity contribution in [3.05, 3.63) is 0 Å². The molecule has 0 saturated heterocycles. The molecule has 0 aliphatic heterocycles. The minimum Gasteiger partial charge on any atom is -0.393 e. The Kier molecular flexibility index (Phi) is 3.31. The van der Waals surface area contributed by atoms with Crippen LogP contribution in [0.5, 0.6) is 0 Å². The number of carbonyl (C=O) groups is 1. The van der Waals surface area contributed by atoms with E-state index in [4.69, 9.17) is 0 Å². The van der Waals surface area contributed by atoms with Gasteiger partial charge in [-0.05, 0) is 45.4 Å². The fourth-order valence-electron chi connectivity index (χ4n) is 2.05. The van der Waals surface area contributed by atoms with Crippen molar-refractivity contribution in [2.75, 3.05) is 0 Å². The summed E-state index contributed by atoms with van der Waals surface area (Å²) < 4.78 is 0. The monoisotopic (exact) mass is 185 g/mol. The zero-order valence-corrected chi connectivity index (χ0v) is 8.42. The Bertz CT molecular complexity index is 172. The molecule has 0 bridgehead atoms. The average Bonchev–Trinajstić information content (AvgIpc) is 2.05. The first-order valence-corrected chi connectivity index (χ1v) is 4.97. The van der Waals surface area contributed by atoms with Crippen LogP contribution in [0.3, 0.4) is 0 Å². The molecule has 0 heterocycles. The Labute approximate surface area is 79.5 Å². The lowest BCUT2D eigenvalue weighted by Gasteiger charge is -2.37. The zero-order valence-electron chi connectivity index (χ0n) is 8.42. The summed E-state index contributed by atoms with van der Waals surface area (Å²) in [6.45, 7) is 3.92. The number of amides is 1. The molecular weight excluding hydrogens is 166 g/mol. The Balaban J connectivity index is 2.41. The van der Waals surface area contributed by atoms with Gasteiger partial charge in [0.25, 0.3) is 0 Å². The van der Waals surface area contributed by atoms with E-state index in [1.54, 1.807) is 0 Å². The standard InChI is InChI=1S/C10H19NO2/c1-8(13)9-3-5-10(2,6-4-9)11-7-12/h7-9,13H,3-6H2,1-2H3,(H,11,12)/t8-,9?,10?/m0/s1. The van der Waals surface area contributed by atoms with E-state index in [1.165, 1.54) is 0 Å². The lowest BCUT2D eigenvalue weighted by atomic mass is 9.76. The van der Waals surface area contributed by atoms with E-state index in [0.29, 0.717) is 5.92 Å². The van der Waals surface area contributed by atoms with Gasteiger partial charge in [0.15, 0.2) is 0 Å². The Hall–Kier alpha value is -0.570. The molecule has 1 aliphatic carbocycles. The first kappa shape index (κ1) is 10.5. The SMILES string of the molecule is C[C@H](O)C1CCC(C)(NC=O)CC1. The van der Waals surface area contributed by atoms with Crippen molar-refractivity contribution < 1.29 is 9.90 Å². The minimum absolute atomic E-state index is 0.0346. The Morgan fingerprint density at radius 2 is 2.08 bits per heavy atom. The number of hydrogen-bond acceptors (Lipinski definition) is 2. The van der Waals surface area contributed by atoms with Gasteiger partial charge in [0.2, 0.25) is 6.41 Å². The molecule has 13 heavy (non-hydrogen) atoms. The van der Waals surface area contributed by atoms with Crippen molar-refractivity contribution in [3.8, 4) is 0 Å². The highest BCUT2D eigenvalue weighted by atomic mass is 16.3.